The first kappa shape index (κ1) is 17.8. The minimum absolute atomic E-state index is 0.0478. The Balaban J connectivity index is 1.56. The molecule has 2 unspecified atom stereocenters. The Bertz CT molecular complexity index is 612. The lowest BCUT2D eigenvalue weighted by atomic mass is 9.84. The maximum Gasteiger partial charge on any atom is 0.263 e. The van der Waals surface area contributed by atoms with E-state index in [1.165, 1.54) is 31.4 Å². The lowest BCUT2D eigenvalue weighted by Gasteiger charge is -2.32. The van der Waals surface area contributed by atoms with E-state index in [2.05, 4.69) is 10.6 Å². The van der Waals surface area contributed by atoms with Crippen molar-refractivity contribution in [2.75, 3.05) is 0 Å². The first-order valence-corrected chi connectivity index (χ1v) is 9.00. The van der Waals surface area contributed by atoms with Gasteiger partial charge in [0, 0.05) is 12.0 Å². The molecule has 25 heavy (non-hydrogen) atoms. The normalized spacial score (nSPS) is 24.9. The van der Waals surface area contributed by atoms with Gasteiger partial charge >= 0.3 is 0 Å². The second kappa shape index (κ2) is 7.93. The van der Waals surface area contributed by atoms with E-state index < -0.39 is 18.5 Å². The average molecular weight is 350 g/mol. The molecule has 0 aromatic heterocycles. The fraction of sp³-hybridized carbons (Fsp3) is 0.579. The zero-order chi connectivity index (χ0) is 17.8. The molecule has 136 valence electrons. The van der Waals surface area contributed by atoms with Crippen LogP contribution in [-0.4, -0.2) is 23.9 Å². The molecule has 0 spiro atoms. The van der Waals surface area contributed by atoms with Gasteiger partial charge in [-0.3, -0.25) is 9.59 Å². The zero-order valence-corrected chi connectivity index (χ0v) is 14.1. The Labute approximate surface area is 146 Å². The minimum Gasteiger partial charge on any atom is -0.342 e. The number of alkyl halides is 2. The van der Waals surface area contributed by atoms with Crippen molar-refractivity contribution in [2.24, 2.45) is 5.92 Å². The number of carbonyl (C=O) groups excluding carboxylic acids is 2. The van der Waals surface area contributed by atoms with Crippen LogP contribution in [0.3, 0.4) is 0 Å². The van der Waals surface area contributed by atoms with E-state index in [0.29, 0.717) is 18.8 Å². The predicted molar refractivity (Wildman–Crippen MR) is 90.2 cm³/mol. The highest BCUT2D eigenvalue weighted by Gasteiger charge is 2.35. The number of piperazine rings is 1. The molecule has 1 heterocycles. The van der Waals surface area contributed by atoms with Crippen LogP contribution >= 0.6 is 0 Å². The first-order valence-electron chi connectivity index (χ1n) is 9.00. The third-order valence-electron chi connectivity index (χ3n) is 5.23. The van der Waals surface area contributed by atoms with Crippen molar-refractivity contribution >= 4 is 11.8 Å². The van der Waals surface area contributed by atoms with Crippen LogP contribution in [0.2, 0.25) is 0 Å². The molecule has 1 saturated heterocycles. The molecule has 0 bridgehead atoms. The number of benzene rings is 1. The monoisotopic (exact) mass is 350 g/mol. The standard InChI is InChI=1S/C19H24F2N2O2/c20-17(21)14-8-6-13(7-9-14)11-16-19(25)22-15(18(24)23-16)10-12-4-2-1-3-5-12/h6-9,12,15-17H,1-5,10-11H2,(H,22,25)(H,23,24). The third kappa shape index (κ3) is 4.55. The van der Waals surface area contributed by atoms with Crippen molar-refractivity contribution in [1.82, 2.24) is 10.6 Å². The van der Waals surface area contributed by atoms with Crippen LogP contribution in [0.15, 0.2) is 24.3 Å². The molecule has 1 aromatic carbocycles. The van der Waals surface area contributed by atoms with Crippen molar-refractivity contribution in [3.05, 3.63) is 35.4 Å². The van der Waals surface area contributed by atoms with Crippen LogP contribution in [0, 0.1) is 5.92 Å². The molecule has 2 N–H and O–H groups in total. The Kier molecular flexibility index (Phi) is 5.66. The summed E-state index contributed by atoms with van der Waals surface area (Å²) >= 11 is 0. The van der Waals surface area contributed by atoms with Crippen molar-refractivity contribution in [3.63, 3.8) is 0 Å². The molecule has 2 aliphatic rings. The minimum atomic E-state index is -2.51. The summed E-state index contributed by atoms with van der Waals surface area (Å²) in [5.74, 6) is 0.168. The van der Waals surface area contributed by atoms with Crippen LogP contribution in [0.5, 0.6) is 0 Å². The van der Waals surface area contributed by atoms with Gasteiger partial charge in [0.1, 0.15) is 12.1 Å². The van der Waals surface area contributed by atoms with Crippen molar-refractivity contribution in [1.29, 1.82) is 0 Å². The highest BCUT2D eigenvalue weighted by molar-refractivity contribution is 5.97. The zero-order valence-electron chi connectivity index (χ0n) is 14.1. The molecule has 2 fully saturated rings. The van der Waals surface area contributed by atoms with Gasteiger partial charge in [0.05, 0.1) is 0 Å². The topological polar surface area (TPSA) is 58.2 Å². The van der Waals surface area contributed by atoms with Crippen molar-refractivity contribution < 1.29 is 18.4 Å². The van der Waals surface area contributed by atoms with Gasteiger partial charge in [-0.1, -0.05) is 56.4 Å². The number of hydrogen-bond acceptors (Lipinski definition) is 2. The molecular formula is C19H24F2N2O2. The molecule has 0 radical (unpaired) electrons. The summed E-state index contributed by atoms with van der Waals surface area (Å²) in [4.78, 5) is 24.7. The quantitative estimate of drug-likeness (QED) is 0.857. The van der Waals surface area contributed by atoms with E-state index in [0.717, 1.165) is 18.4 Å². The van der Waals surface area contributed by atoms with Crippen molar-refractivity contribution in [3.8, 4) is 0 Å². The van der Waals surface area contributed by atoms with E-state index in [1.54, 1.807) is 12.1 Å². The summed E-state index contributed by atoms with van der Waals surface area (Å²) < 4.78 is 25.2. The number of carbonyl (C=O) groups is 2. The van der Waals surface area contributed by atoms with E-state index in [1.807, 2.05) is 0 Å². The smallest absolute Gasteiger partial charge is 0.263 e. The third-order valence-corrected chi connectivity index (χ3v) is 5.23. The van der Waals surface area contributed by atoms with Crippen molar-refractivity contribution in [2.45, 2.75) is 63.5 Å². The van der Waals surface area contributed by atoms with Crippen LogP contribution in [0.25, 0.3) is 0 Å². The number of nitrogens with one attached hydrogen (secondary N) is 2. The second-order valence-electron chi connectivity index (χ2n) is 7.11. The maximum absolute atomic E-state index is 12.6. The maximum atomic E-state index is 12.6. The van der Waals surface area contributed by atoms with Gasteiger partial charge in [0.25, 0.3) is 6.43 Å². The van der Waals surface area contributed by atoms with Crippen LogP contribution in [0.4, 0.5) is 8.78 Å². The summed E-state index contributed by atoms with van der Waals surface area (Å²) in [6.07, 6.45) is 4.40. The van der Waals surface area contributed by atoms with Gasteiger partial charge in [0.15, 0.2) is 0 Å². The molecule has 1 aromatic rings. The summed E-state index contributed by atoms with van der Waals surface area (Å²) in [5.41, 5.74) is 0.698. The van der Waals surface area contributed by atoms with E-state index in [-0.39, 0.29) is 17.4 Å². The van der Waals surface area contributed by atoms with Gasteiger partial charge < -0.3 is 10.6 Å². The Morgan fingerprint density at radius 1 is 0.920 bits per heavy atom. The summed E-state index contributed by atoms with van der Waals surface area (Å²) in [5, 5.41) is 5.63. The SMILES string of the molecule is O=C1NC(CC2CCCCC2)C(=O)NC1Cc1ccc(C(F)F)cc1. The fourth-order valence-corrected chi connectivity index (χ4v) is 3.78. The van der Waals surface area contributed by atoms with E-state index in [9.17, 15) is 18.4 Å². The van der Waals surface area contributed by atoms with Crippen LogP contribution < -0.4 is 10.6 Å². The Morgan fingerprint density at radius 2 is 1.52 bits per heavy atom. The van der Waals surface area contributed by atoms with Gasteiger partial charge in [0.2, 0.25) is 11.8 Å². The van der Waals surface area contributed by atoms with Crippen LogP contribution in [0.1, 0.15) is 56.1 Å². The highest BCUT2D eigenvalue weighted by Crippen LogP contribution is 2.28. The first-order chi connectivity index (χ1) is 12.0. The van der Waals surface area contributed by atoms with Crippen LogP contribution in [-0.2, 0) is 16.0 Å². The molecular weight excluding hydrogens is 326 g/mol. The molecule has 1 aliphatic heterocycles. The molecule has 1 aliphatic carbocycles. The molecule has 2 atom stereocenters. The second-order valence-corrected chi connectivity index (χ2v) is 7.11. The average Bonchev–Trinajstić information content (AvgIpc) is 2.60. The summed E-state index contributed by atoms with van der Waals surface area (Å²) in [6, 6.07) is 4.77. The summed E-state index contributed by atoms with van der Waals surface area (Å²) in [7, 11) is 0. The predicted octanol–water partition coefficient (Wildman–Crippen LogP) is 3.12. The van der Waals surface area contributed by atoms with E-state index in [4.69, 9.17) is 0 Å². The number of rotatable bonds is 5. The highest BCUT2D eigenvalue weighted by atomic mass is 19.3. The molecule has 2 amide bonds. The lowest BCUT2D eigenvalue weighted by molar-refractivity contribution is -0.137. The molecule has 3 rings (SSSR count). The van der Waals surface area contributed by atoms with Gasteiger partial charge in [-0.25, -0.2) is 8.78 Å². The largest absolute Gasteiger partial charge is 0.342 e. The molecule has 6 heteroatoms. The summed E-state index contributed by atoms with van der Waals surface area (Å²) in [6.45, 7) is 0. The molecule has 1 saturated carbocycles. The molecule has 4 nitrogen and oxygen atoms in total. The van der Waals surface area contributed by atoms with Gasteiger partial charge in [-0.15, -0.1) is 0 Å². The van der Waals surface area contributed by atoms with E-state index >= 15 is 0 Å². The lowest BCUT2D eigenvalue weighted by Crippen LogP contribution is -2.62. The Morgan fingerprint density at radius 3 is 2.16 bits per heavy atom. The fourth-order valence-electron chi connectivity index (χ4n) is 3.78. The van der Waals surface area contributed by atoms with Gasteiger partial charge in [-0.2, -0.15) is 0 Å². The number of amides is 2. The Hall–Kier alpha value is -1.98. The number of hydrogen-bond donors (Lipinski definition) is 2. The number of halogens is 2. The van der Waals surface area contributed by atoms with Gasteiger partial charge in [-0.05, 0) is 17.9 Å².